The third-order valence-electron chi connectivity index (χ3n) is 4.62. The highest BCUT2D eigenvalue weighted by Gasteiger charge is 2.16. The molecule has 130 valence electrons. The maximum atomic E-state index is 12.3. The van der Waals surface area contributed by atoms with E-state index in [1.54, 1.807) is 0 Å². The first kappa shape index (κ1) is 17.4. The molecule has 2 aromatic carbocycles. The average Bonchev–Trinajstić information content (AvgIpc) is 2.62. The van der Waals surface area contributed by atoms with Gasteiger partial charge in [0.15, 0.2) is 0 Å². The van der Waals surface area contributed by atoms with Crippen LogP contribution in [0.15, 0.2) is 53.6 Å². The highest BCUT2D eigenvalue weighted by atomic mass is 16.2. The Morgan fingerprint density at radius 1 is 1.08 bits per heavy atom. The third kappa shape index (κ3) is 4.77. The smallest absolute Gasteiger partial charge is 0.271 e. The van der Waals surface area contributed by atoms with Crippen molar-refractivity contribution < 1.29 is 4.79 Å². The van der Waals surface area contributed by atoms with E-state index in [0.717, 1.165) is 49.3 Å². The minimum atomic E-state index is -0.128. The quantitative estimate of drug-likeness (QED) is 0.866. The summed E-state index contributed by atoms with van der Waals surface area (Å²) < 4.78 is 0. The Balaban J connectivity index is 1.51. The summed E-state index contributed by atoms with van der Waals surface area (Å²) >= 11 is 0. The number of aryl methyl sites for hydroxylation is 2. The summed E-state index contributed by atoms with van der Waals surface area (Å²) in [6.45, 7) is 6.92. The number of piperidine rings is 1. The van der Waals surface area contributed by atoms with Crippen molar-refractivity contribution in [3.8, 4) is 0 Å². The van der Waals surface area contributed by atoms with Crippen LogP contribution in [0.2, 0.25) is 0 Å². The second-order valence-corrected chi connectivity index (χ2v) is 6.70. The maximum absolute atomic E-state index is 12.3. The van der Waals surface area contributed by atoms with E-state index in [4.69, 9.17) is 0 Å². The van der Waals surface area contributed by atoms with Gasteiger partial charge in [-0.3, -0.25) is 9.69 Å². The molecule has 0 spiro atoms. The van der Waals surface area contributed by atoms with Crippen molar-refractivity contribution in [2.75, 3.05) is 13.1 Å². The molecule has 0 saturated carbocycles. The topological polar surface area (TPSA) is 44.7 Å². The third-order valence-corrected chi connectivity index (χ3v) is 4.62. The Labute approximate surface area is 149 Å². The maximum Gasteiger partial charge on any atom is 0.271 e. The first-order valence-corrected chi connectivity index (χ1v) is 8.81. The van der Waals surface area contributed by atoms with Crippen LogP contribution >= 0.6 is 0 Å². The normalized spacial score (nSPS) is 15.0. The van der Waals surface area contributed by atoms with Crippen LogP contribution in [0.5, 0.6) is 0 Å². The van der Waals surface area contributed by atoms with Gasteiger partial charge in [0.1, 0.15) is 0 Å². The first-order valence-electron chi connectivity index (χ1n) is 8.81. The van der Waals surface area contributed by atoms with E-state index >= 15 is 0 Å². The van der Waals surface area contributed by atoms with Crippen molar-refractivity contribution in [2.24, 2.45) is 5.10 Å². The van der Waals surface area contributed by atoms with E-state index in [1.165, 1.54) is 5.56 Å². The Hall–Kier alpha value is -2.46. The molecule has 1 saturated heterocycles. The summed E-state index contributed by atoms with van der Waals surface area (Å²) in [5.41, 5.74) is 7.97. The van der Waals surface area contributed by atoms with Crippen molar-refractivity contribution in [3.05, 3.63) is 70.8 Å². The molecule has 1 N–H and O–H groups in total. The molecule has 0 aromatic heterocycles. The van der Waals surface area contributed by atoms with Gasteiger partial charge in [0.25, 0.3) is 5.91 Å². The second-order valence-electron chi connectivity index (χ2n) is 6.70. The molecule has 1 aliphatic heterocycles. The van der Waals surface area contributed by atoms with Gasteiger partial charge in [-0.2, -0.15) is 5.10 Å². The monoisotopic (exact) mass is 335 g/mol. The van der Waals surface area contributed by atoms with Gasteiger partial charge >= 0.3 is 0 Å². The molecule has 1 aliphatic rings. The fourth-order valence-electron chi connectivity index (χ4n) is 3.18. The van der Waals surface area contributed by atoms with Gasteiger partial charge in [-0.1, -0.05) is 48.0 Å². The number of nitrogens with one attached hydrogen (secondary N) is 1. The number of hydrazone groups is 1. The van der Waals surface area contributed by atoms with Crippen LogP contribution in [0.4, 0.5) is 0 Å². The minimum absolute atomic E-state index is 0.128. The van der Waals surface area contributed by atoms with Crippen LogP contribution in [0.25, 0.3) is 0 Å². The van der Waals surface area contributed by atoms with Crippen LogP contribution in [0.1, 0.15) is 39.9 Å². The zero-order valence-corrected chi connectivity index (χ0v) is 15.0. The fraction of sp³-hybridized carbons (Fsp3) is 0.333. The van der Waals surface area contributed by atoms with Gasteiger partial charge < -0.3 is 0 Å². The second kappa shape index (κ2) is 8.08. The molecular weight excluding hydrogens is 310 g/mol. The number of likely N-dealkylation sites (tertiary alicyclic amines) is 1. The van der Waals surface area contributed by atoms with Crippen LogP contribution in [0.3, 0.4) is 0 Å². The lowest BCUT2D eigenvalue weighted by Gasteiger charge is -2.27. The highest BCUT2D eigenvalue weighted by molar-refractivity contribution is 5.96. The van der Waals surface area contributed by atoms with Crippen LogP contribution < -0.4 is 5.43 Å². The first-order chi connectivity index (χ1) is 12.1. The van der Waals surface area contributed by atoms with Gasteiger partial charge in [0.05, 0.1) is 0 Å². The molecule has 2 aromatic rings. The molecule has 1 amide bonds. The summed E-state index contributed by atoms with van der Waals surface area (Å²) in [6, 6.07) is 16.4. The van der Waals surface area contributed by atoms with Crippen LogP contribution in [0, 0.1) is 13.8 Å². The average molecular weight is 335 g/mol. The van der Waals surface area contributed by atoms with E-state index in [2.05, 4.69) is 39.7 Å². The molecule has 1 heterocycles. The Morgan fingerprint density at radius 2 is 1.80 bits per heavy atom. The molecule has 0 bridgehead atoms. The van der Waals surface area contributed by atoms with Crippen LogP contribution in [-0.2, 0) is 6.54 Å². The summed E-state index contributed by atoms with van der Waals surface area (Å²) in [4.78, 5) is 14.7. The summed E-state index contributed by atoms with van der Waals surface area (Å²) in [5.74, 6) is -0.128. The number of carbonyl (C=O) groups excluding carboxylic acids is 1. The van der Waals surface area contributed by atoms with Gasteiger partial charge in [0, 0.05) is 43.8 Å². The van der Waals surface area contributed by atoms with Crippen molar-refractivity contribution >= 4 is 11.6 Å². The zero-order valence-electron chi connectivity index (χ0n) is 15.0. The van der Waals surface area contributed by atoms with Crippen molar-refractivity contribution in [1.82, 2.24) is 10.3 Å². The number of rotatable bonds is 4. The summed E-state index contributed by atoms with van der Waals surface area (Å²) in [5, 5.41) is 4.35. The molecule has 4 nitrogen and oxygen atoms in total. The SMILES string of the molecule is Cc1ccc(C(=O)NN=C2CCN(Cc3ccccc3)CC2)c(C)c1. The molecule has 0 atom stereocenters. The molecule has 25 heavy (non-hydrogen) atoms. The van der Waals surface area contributed by atoms with E-state index in [9.17, 15) is 4.79 Å². The Kier molecular flexibility index (Phi) is 5.61. The number of hydrogen-bond acceptors (Lipinski definition) is 3. The molecule has 4 heteroatoms. The predicted molar refractivity (Wildman–Crippen MR) is 102 cm³/mol. The highest BCUT2D eigenvalue weighted by Crippen LogP contribution is 2.13. The summed E-state index contributed by atoms with van der Waals surface area (Å²) in [6.07, 6.45) is 1.81. The molecule has 0 aliphatic carbocycles. The van der Waals surface area contributed by atoms with Gasteiger partial charge in [-0.15, -0.1) is 0 Å². The number of nitrogens with zero attached hydrogens (tertiary/aromatic N) is 2. The fourth-order valence-corrected chi connectivity index (χ4v) is 3.18. The van der Waals surface area contributed by atoms with Gasteiger partial charge in [0.2, 0.25) is 0 Å². The number of hydrogen-bond donors (Lipinski definition) is 1. The lowest BCUT2D eigenvalue weighted by Crippen LogP contribution is -2.34. The number of amides is 1. The minimum Gasteiger partial charge on any atom is -0.298 e. The van der Waals surface area contributed by atoms with Gasteiger partial charge in [-0.25, -0.2) is 5.43 Å². The standard InChI is InChI=1S/C21H25N3O/c1-16-8-9-20(17(2)14-16)21(25)23-22-19-10-12-24(13-11-19)15-18-6-4-3-5-7-18/h3-9,14H,10-13,15H2,1-2H3,(H,23,25). The molecular formula is C21H25N3O. The van der Waals surface area contributed by atoms with E-state index < -0.39 is 0 Å². The summed E-state index contributed by atoms with van der Waals surface area (Å²) in [7, 11) is 0. The molecule has 3 rings (SSSR count). The van der Waals surface area contributed by atoms with E-state index in [0.29, 0.717) is 5.56 Å². The molecule has 0 unspecified atom stereocenters. The van der Waals surface area contributed by atoms with E-state index in [-0.39, 0.29) is 5.91 Å². The molecule has 1 fully saturated rings. The lowest BCUT2D eigenvalue weighted by atomic mass is 10.1. The Bertz CT molecular complexity index is 758. The lowest BCUT2D eigenvalue weighted by molar-refractivity contribution is 0.0953. The zero-order chi connectivity index (χ0) is 17.6. The largest absolute Gasteiger partial charge is 0.298 e. The van der Waals surface area contributed by atoms with Crippen LogP contribution in [-0.4, -0.2) is 29.6 Å². The van der Waals surface area contributed by atoms with Crippen molar-refractivity contribution in [3.63, 3.8) is 0 Å². The molecule has 0 radical (unpaired) electrons. The van der Waals surface area contributed by atoms with Crippen molar-refractivity contribution in [1.29, 1.82) is 0 Å². The predicted octanol–water partition coefficient (Wildman–Crippen LogP) is 3.69. The number of carbonyl (C=O) groups is 1. The Morgan fingerprint density at radius 3 is 2.48 bits per heavy atom. The van der Waals surface area contributed by atoms with E-state index in [1.807, 2.05) is 38.1 Å². The van der Waals surface area contributed by atoms with Crippen molar-refractivity contribution in [2.45, 2.75) is 33.2 Å². The van der Waals surface area contributed by atoms with Gasteiger partial charge in [-0.05, 0) is 31.0 Å². The number of benzene rings is 2.